The number of rotatable bonds is 2. The fourth-order valence-corrected chi connectivity index (χ4v) is 3.96. The van der Waals surface area contributed by atoms with Crippen molar-refractivity contribution in [2.45, 2.75) is 51.0 Å². The molecule has 1 atom stereocenters. The third-order valence-corrected chi connectivity index (χ3v) is 5.21. The summed E-state index contributed by atoms with van der Waals surface area (Å²) < 4.78 is 5.36. The van der Waals surface area contributed by atoms with Gasteiger partial charge in [0.1, 0.15) is 0 Å². The van der Waals surface area contributed by atoms with Crippen molar-refractivity contribution in [1.29, 1.82) is 0 Å². The predicted molar refractivity (Wildman–Crippen MR) is 78.6 cm³/mol. The minimum Gasteiger partial charge on any atom is -0.381 e. The maximum atomic E-state index is 12.5. The molecule has 1 saturated carbocycles. The maximum Gasteiger partial charge on any atom is 0.228 e. The minimum absolute atomic E-state index is 0.135. The normalized spacial score (nSPS) is 30.4. The van der Waals surface area contributed by atoms with Gasteiger partial charge in [-0.1, -0.05) is 19.3 Å². The standard InChI is InChI=1S/C16H28N2O2/c19-16(14-7-12-20-13-14)18-9-4-8-17(10-11-18)15-5-2-1-3-6-15/h14-15H,1-13H2. The molecule has 2 heterocycles. The number of nitrogens with zero attached hydrogens (tertiary/aromatic N) is 2. The van der Waals surface area contributed by atoms with E-state index >= 15 is 0 Å². The number of carbonyl (C=O) groups excluding carboxylic acids is 1. The Kier molecular flexibility index (Phi) is 4.94. The topological polar surface area (TPSA) is 32.8 Å². The molecule has 4 nitrogen and oxygen atoms in total. The van der Waals surface area contributed by atoms with E-state index in [1.807, 2.05) is 0 Å². The lowest BCUT2D eigenvalue weighted by atomic mass is 9.94. The van der Waals surface area contributed by atoms with E-state index in [4.69, 9.17) is 4.74 Å². The zero-order valence-electron chi connectivity index (χ0n) is 12.6. The fraction of sp³-hybridized carbons (Fsp3) is 0.938. The third kappa shape index (κ3) is 3.34. The van der Waals surface area contributed by atoms with E-state index in [1.165, 1.54) is 38.6 Å². The Hall–Kier alpha value is -0.610. The molecule has 1 amide bonds. The van der Waals surface area contributed by atoms with Crippen LogP contribution in [0.3, 0.4) is 0 Å². The summed E-state index contributed by atoms with van der Waals surface area (Å²) in [6.07, 6.45) is 8.98. The summed E-state index contributed by atoms with van der Waals surface area (Å²) in [6.45, 7) is 5.52. The van der Waals surface area contributed by atoms with Crippen molar-refractivity contribution in [2.75, 3.05) is 39.4 Å². The van der Waals surface area contributed by atoms with E-state index in [2.05, 4.69) is 9.80 Å². The number of hydrogen-bond donors (Lipinski definition) is 0. The smallest absolute Gasteiger partial charge is 0.228 e. The molecule has 0 aromatic carbocycles. The third-order valence-electron chi connectivity index (χ3n) is 5.21. The van der Waals surface area contributed by atoms with E-state index in [0.29, 0.717) is 12.5 Å². The van der Waals surface area contributed by atoms with Gasteiger partial charge < -0.3 is 9.64 Å². The molecule has 2 aliphatic heterocycles. The maximum absolute atomic E-state index is 12.5. The molecule has 1 aliphatic carbocycles. The molecule has 3 rings (SSSR count). The summed E-state index contributed by atoms with van der Waals surface area (Å²) in [5.41, 5.74) is 0. The van der Waals surface area contributed by atoms with Crippen LogP contribution in [0.4, 0.5) is 0 Å². The van der Waals surface area contributed by atoms with Gasteiger partial charge in [0.15, 0.2) is 0 Å². The van der Waals surface area contributed by atoms with Gasteiger partial charge in [0.2, 0.25) is 5.91 Å². The van der Waals surface area contributed by atoms with Gasteiger partial charge in [0.05, 0.1) is 12.5 Å². The zero-order chi connectivity index (χ0) is 13.8. The van der Waals surface area contributed by atoms with Gasteiger partial charge in [-0.15, -0.1) is 0 Å². The predicted octanol–water partition coefficient (Wildman–Crippen LogP) is 1.89. The first-order chi connectivity index (χ1) is 9.84. The van der Waals surface area contributed by atoms with Crippen molar-refractivity contribution in [1.82, 2.24) is 9.80 Å². The van der Waals surface area contributed by atoms with E-state index < -0.39 is 0 Å². The molecule has 3 fully saturated rings. The quantitative estimate of drug-likeness (QED) is 0.774. The molecule has 0 aromatic rings. The van der Waals surface area contributed by atoms with Crippen LogP contribution in [0.15, 0.2) is 0 Å². The van der Waals surface area contributed by atoms with Crippen molar-refractivity contribution < 1.29 is 9.53 Å². The lowest BCUT2D eigenvalue weighted by Crippen LogP contribution is -2.41. The lowest BCUT2D eigenvalue weighted by molar-refractivity contribution is -0.135. The summed E-state index contributed by atoms with van der Waals surface area (Å²) >= 11 is 0. The summed E-state index contributed by atoms with van der Waals surface area (Å²) in [5.74, 6) is 0.476. The molecule has 0 spiro atoms. The van der Waals surface area contributed by atoms with Crippen molar-refractivity contribution in [3.63, 3.8) is 0 Å². The van der Waals surface area contributed by atoms with Crippen molar-refractivity contribution >= 4 is 5.91 Å². The van der Waals surface area contributed by atoms with Gasteiger partial charge >= 0.3 is 0 Å². The SMILES string of the molecule is O=C(C1CCOC1)N1CCCN(C2CCCCC2)CC1. The first kappa shape index (κ1) is 14.3. The summed E-state index contributed by atoms with van der Waals surface area (Å²) in [4.78, 5) is 17.2. The average molecular weight is 280 g/mol. The van der Waals surface area contributed by atoms with Gasteiger partial charge in [-0.3, -0.25) is 9.69 Å². The van der Waals surface area contributed by atoms with Gasteiger partial charge in [0.25, 0.3) is 0 Å². The number of hydrogen-bond acceptors (Lipinski definition) is 3. The minimum atomic E-state index is 0.135. The highest BCUT2D eigenvalue weighted by Gasteiger charge is 2.30. The van der Waals surface area contributed by atoms with Crippen LogP contribution < -0.4 is 0 Å². The van der Waals surface area contributed by atoms with Crippen LogP contribution in [-0.2, 0) is 9.53 Å². The Morgan fingerprint density at radius 1 is 0.900 bits per heavy atom. The molecule has 0 N–H and O–H groups in total. The molecule has 0 radical (unpaired) electrons. The molecule has 1 unspecified atom stereocenters. The molecule has 20 heavy (non-hydrogen) atoms. The number of amides is 1. The van der Waals surface area contributed by atoms with Crippen LogP contribution >= 0.6 is 0 Å². The van der Waals surface area contributed by atoms with Crippen molar-refractivity contribution in [3.8, 4) is 0 Å². The van der Waals surface area contributed by atoms with E-state index in [9.17, 15) is 4.79 Å². The second kappa shape index (κ2) is 6.90. The van der Waals surface area contributed by atoms with E-state index in [-0.39, 0.29) is 5.92 Å². The van der Waals surface area contributed by atoms with E-state index in [0.717, 1.165) is 45.1 Å². The monoisotopic (exact) mass is 280 g/mol. The van der Waals surface area contributed by atoms with Crippen LogP contribution in [0.5, 0.6) is 0 Å². The van der Waals surface area contributed by atoms with E-state index in [1.54, 1.807) is 0 Å². The first-order valence-electron chi connectivity index (χ1n) is 8.45. The van der Waals surface area contributed by atoms with Crippen LogP contribution in [-0.4, -0.2) is 61.1 Å². The highest BCUT2D eigenvalue weighted by Crippen LogP contribution is 2.24. The summed E-state index contributed by atoms with van der Waals surface area (Å²) in [7, 11) is 0. The van der Waals surface area contributed by atoms with Crippen molar-refractivity contribution in [2.24, 2.45) is 5.92 Å². The lowest BCUT2D eigenvalue weighted by Gasteiger charge is -2.33. The van der Waals surface area contributed by atoms with Gasteiger partial charge in [-0.2, -0.15) is 0 Å². The van der Waals surface area contributed by atoms with Gasteiger partial charge in [-0.05, 0) is 25.7 Å². The zero-order valence-corrected chi connectivity index (χ0v) is 12.6. The van der Waals surface area contributed by atoms with Crippen LogP contribution in [0.1, 0.15) is 44.9 Å². The molecule has 3 aliphatic rings. The second-order valence-electron chi connectivity index (χ2n) is 6.57. The van der Waals surface area contributed by atoms with Crippen LogP contribution in [0.2, 0.25) is 0 Å². The number of ether oxygens (including phenoxy) is 1. The molecule has 2 saturated heterocycles. The summed E-state index contributed by atoms with van der Waals surface area (Å²) in [6, 6.07) is 0.786. The average Bonchev–Trinajstić information content (AvgIpc) is 2.92. The highest BCUT2D eigenvalue weighted by atomic mass is 16.5. The molecule has 0 aromatic heterocycles. The Morgan fingerprint density at radius 3 is 2.50 bits per heavy atom. The molecule has 114 valence electrons. The Bertz CT molecular complexity index is 322. The largest absolute Gasteiger partial charge is 0.381 e. The van der Waals surface area contributed by atoms with Gasteiger partial charge in [0, 0.05) is 38.8 Å². The van der Waals surface area contributed by atoms with Gasteiger partial charge in [-0.25, -0.2) is 0 Å². The van der Waals surface area contributed by atoms with Crippen LogP contribution in [0.25, 0.3) is 0 Å². The highest BCUT2D eigenvalue weighted by molar-refractivity contribution is 5.79. The Balaban J connectivity index is 1.52. The number of carbonyl (C=O) groups is 1. The molecular weight excluding hydrogens is 252 g/mol. The Labute approximate surface area is 122 Å². The molecular formula is C16H28N2O2. The Morgan fingerprint density at radius 2 is 1.75 bits per heavy atom. The van der Waals surface area contributed by atoms with Crippen LogP contribution in [0, 0.1) is 5.92 Å². The van der Waals surface area contributed by atoms with Crippen molar-refractivity contribution in [3.05, 3.63) is 0 Å². The second-order valence-corrected chi connectivity index (χ2v) is 6.57. The molecule has 4 heteroatoms. The fourth-order valence-electron chi connectivity index (χ4n) is 3.96. The first-order valence-corrected chi connectivity index (χ1v) is 8.45. The summed E-state index contributed by atoms with van der Waals surface area (Å²) in [5, 5.41) is 0. The molecule has 0 bridgehead atoms.